The molecule has 11 heavy (non-hydrogen) atoms. The van der Waals surface area contributed by atoms with E-state index in [0.717, 1.165) is 24.3 Å². The van der Waals surface area contributed by atoms with E-state index in [1.54, 1.807) is 0 Å². The minimum absolute atomic E-state index is 0.104. The van der Waals surface area contributed by atoms with Crippen molar-refractivity contribution in [1.29, 1.82) is 0 Å². The molecule has 1 amide bonds. The van der Waals surface area contributed by atoms with Gasteiger partial charge in [-0.05, 0) is 29.9 Å². The fourth-order valence-corrected chi connectivity index (χ4v) is 2.16. The van der Waals surface area contributed by atoms with Gasteiger partial charge >= 0.3 is 0 Å². The normalized spacial score (nSPS) is 16.9. The Balaban J connectivity index is 2.41. The lowest BCUT2D eigenvalue weighted by Crippen LogP contribution is -2.21. The molecule has 1 aromatic rings. The summed E-state index contributed by atoms with van der Waals surface area (Å²) in [5.41, 5.74) is 1.21. The third-order valence-corrected chi connectivity index (χ3v) is 2.82. The monoisotopic (exact) mass is 167 g/mol. The lowest BCUT2D eigenvalue weighted by molar-refractivity contribution is 0.0960. The molecule has 0 aromatic carbocycles. The zero-order valence-electron chi connectivity index (χ0n) is 6.09. The van der Waals surface area contributed by atoms with Crippen molar-refractivity contribution in [3.8, 4) is 0 Å². The number of amides is 1. The summed E-state index contributed by atoms with van der Waals surface area (Å²) in [7, 11) is 0. The van der Waals surface area contributed by atoms with Crippen LogP contribution in [0.15, 0.2) is 11.4 Å². The summed E-state index contributed by atoms with van der Waals surface area (Å²) in [5.74, 6) is 0.104. The number of hydrogen-bond donors (Lipinski definition) is 1. The standard InChI is InChI=1S/C8H9NOS/c10-8-7-6(3-5-11-7)2-1-4-9-8/h3,5H,1-2,4H2,(H,9,10). The average molecular weight is 167 g/mol. The highest BCUT2D eigenvalue weighted by Gasteiger charge is 2.15. The van der Waals surface area contributed by atoms with Crippen LogP contribution in [0.2, 0.25) is 0 Å². The van der Waals surface area contributed by atoms with E-state index in [2.05, 4.69) is 5.32 Å². The summed E-state index contributed by atoms with van der Waals surface area (Å²) < 4.78 is 0. The lowest BCUT2D eigenvalue weighted by Gasteiger charge is -1.95. The first kappa shape index (κ1) is 6.85. The van der Waals surface area contributed by atoms with E-state index in [1.807, 2.05) is 11.4 Å². The second-order valence-electron chi connectivity index (χ2n) is 2.63. The van der Waals surface area contributed by atoms with Crippen LogP contribution in [0.1, 0.15) is 21.7 Å². The van der Waals surface area contributed by atoms with Crippen LogP contribution in [-0.4, -0.2) is 12.5 Å². The van der Waals surface area contributed by atoms with E-state index >= 15 is 0 Å². The van der Waals surface area contributed by atoms with Gasteiger partial charge in [0.25, 0.3) is 5.91 Å². The van der Waals surface area contributed by atoms with Gasteiger partial charge in [0.1, 0.15) is 0 Å². The van der Waals surface area contributed by atoms with E-state index in [-0.39, 0.29) is 5.91 Å². The number of rotatable bonds is 0. The summed E-state index contributed by atoms with van der Waals surface area (Å²) in [4.78, 5) is 12.2. The zero-order chi connectivity index (χ0) is 7.68. The third kappa shape index (κ3) is 1.16. The van der Waals surface area contributed by atoms with E-state index in [9.17, 15) is 4.79 Å². The van der Waals surface area contributed by atoms with Gasteiger partial charge in [-0.2, -0.15) is 0 Å². The molecule has 2 nitrogen and oxygen atoms in total. The molecule has 0 unspecified atom stereocenters. The highest BCUT2D eigenvalue weighted by atomic mass is 32.1. The predicted octanol–water partition coefficient (Wildman–Crippen LogP) is 1.42. The molecular formula is C8H9NOS. The minimum atomic E-state index is 0.104. The average Bonchev–Trinajstić information content (AvgIpc) is 2.40. The Morgan fingerprint density at radius 1 is 1.55 bits per heavy atom. The molecule has 0 atom stereocenters. The van der Waals surface area contributed by atoms with Crippen LogP contribution in [0, 0.1) is 0 Å². The first-order valence-corrected chi connectivity index (χ1v) is 4.60. The van der Waals surface area contributed by atoms with Gasteiger partial charge in [0.2, 0.25) is 0 Å². The highest BCUT2D eigenvalue weighted by molar-refractivity contribution is 7.12. The second kappa shape index (κ2) is 2.66. The molecule has 3 heteroatoms. The third-order valence-electron chi connectivity index (χ3n) is 1.86. The Morgan fingerprint density at radius 3 is 3.36 bits per heavy atom. The Hall–Kier alpha value is -0.830. The van der Waals surface area contributed by atoms with Crippen LogP contribution >= 0.6 is 11.3 Å². The fraction of sp³-hybridized carbons (Fsp3) is 0.375. The van der Waals surface area contributed by atoms with Crippen molar-refractivity contribution in [1.82, 2.24) is 5.32 Å². The van der Waals surface area contributed by atoms with Crippen LogP contribution < -0.4 is 5.32 Å². The molecule has 58 valence electrons. The first-order valence-electron chi connectivity index (χ1n) is 3.72. The van der Waals surface area contributed by atoms with Gasteiger partial charge in [0, 0.05) is 6.54 Å². The van der Waals surface area contributed by atoms with E-state index in [4.69, 9.17) is 0 Å². The first-order chi connectivity index (χ1) is 5.38. The van der Waals surface area contributed by atoms with Crippen molar-refractivity contribution in [3.63, 3.8) is 0 Å². The topological polar surface area (TPSA) is 29.1 Å². The van der Waals surface area contributed by atoms with Crippen molar-refractivity contribution < 1.29 is 4.79 Å². The maximum absolute atomic E-state index is 11.3. The molecule has 2 heterocycles. The maximum atomic E-state index is 11.3. The van der Waals surface area contributed by atoms with E-state index in [0.29, 0.717) is 0 Å². The molecule has 1 aromatic heterocycles. The Labute approximate surface area is 69.2 Å². The van der Waals surface area contributed by atoms with Crippen molar-refractivity contribution in [2.24, 2.45) is 0 Å². The number of aryl methyl sites for hydroxylation is 1. The Morgan fingerprint density at radius 2 is 2.45 bits per heavy atom. The van der Waals surface area contributed by atoms with Crippen molar-refractivity contribution in [2.45, 2.75) is 12.8 Å². The molecule has 1 aliphatic heterocycles. The van der Waals surface area contributed by atoms with Crippen LogP contribution in [-0.2, 0) is 6.42 Å². The fourth-order valence-electron chi connectivity index (χ4n) is 1.29. The highest BCUT2D eigenvalue weighted by Crippen LogP contribution is 2.19. The summed E-state index contributed by atoms with van der Waals surface area (Å²) in [6, 6.07) is 2.05. The SMILES string of the molecule is O=C1NCCCc2ccsc21. The number of carbonyl (C=O) groups is 1. The van der Waals surface area contributed by atoms with E-state index in [1.165, 1.54) is 16.9 Å². The van der Waals surface area contributed by atoms with E-state index < -0.39 is 0 Å². The van der Waals surface area contributed by atoms with Gasteiger partial charge in [-0.1, -0.05) is 0 Å². The van der Waals surface area contributed by atoms with Crippen LogP contribution in [0.25, 0.3) is 0 Å². The molecule has 1 aliphatic rings. The molecule has 0 radical (unpaired) electrons. The number of fused-ring (bicyclic) bond motifs is 1. The van der Waals surface area contributed by atoms with Gasteiger partial charge in [-0.25, -0.2) is 0 Å². The number of hydrogen-bond acceptors (Lipinski definition) is 2. The molecule has 0 saturated carbocycles. The Bertz CT molecular complexity index is 279. The predicted molar refractivity (Wildman–Crippen MR) is 45.0 cm³/mol. The molecule has 0 aliphatic carbocycles. The smallest absolute Gasteiger partial charge is 0.261 e. The lowest BCUT2D eigenvalue weighted by atomic mass is 10.1. The molecular weight excluding hydrogens is 158 g/mol. The Kier molecular flexibility index (Phi) is 1.66. The van der Waals surface area contributed by atoms with Gasteiger partial charge in [0.15, 0.2) is 0 Å². The van der Waals surface area contributed by atoms with Gasteiger partial charge in [-0.15, -0.1) is 11.3 Å². The van der Waals surface area contributed by atoms with Crippen LogP contribution in [0.3, 0.4) is 0 Å². The molecule has 0 bridgehead atoms. The molecule has 0 fully saturated rings. The summed E-state index contributed by atoms with van der Waals surface area (Å²) in [6.07, 6.45) is 2.10. The summed E-state index contributed by atoms with van der Waals surface area (Å²) >= 11 is 1.53. The maximum Gasteiger partial charge on any atom is 0.261 e. The van der Waals surface area contributed by atoms with Crippen LogP contribution in [0.5, 0.6) is 0 Å². The van der Waals surface area contributed by atoms with Gasteiger partial charge in [0.05, 0.1) is 4.88 Å². The van der Waals surface area contributed by atoms with Crippen molar-refractivity contribution in [3.05, 3.63) is 21.9 Å². The van der Waals surface area contributed by atoms with Gasteiger partial charge < -0.3 is 5.32 Å². The van der Waals surface area contributed by atoms with Crippen molar-refractivity contribution in [2.75, 3.05) is 6.54 Å². The molecule has 0 saturated heterocycles. The summed E-state index contributed by atoms with van der Waals surface area (Å²) in [5, 5.41) is 4.84. The molecule has 2 rings (SSSR count). The quantitative estimate of drug-likeness (QED) is 0.622. The molecule has 1 N–H and O–H groups in total. The minimum Gasteiger partial charge on any atom is -0.351 e. The van der Waals surface area contributed by atoms with Crippen molar-refractivity contribution >= 4 is 17.2 Å². The summed E-state index contributed by atoms with van der Waals surface area (Å²) in [6.45, 7) is 0.820. The number of nitrogens with one attached hydrogen (secondary N) is 1. The number of carbonyl (C=O) groups excluding carboxylic acids is 1. The number of thiophene rings is 1. The van der Waals surface area contributed by atoms with Crippen LogP contribution in [0.4, 0.5) is 0 Å². The zero-order valence-corrected chi connectivity index (χ0v) is 6.91. The van der Waals surface area contributed by atoms with Gasteiger partial charge in [-0.3, -0.25) is 4.79 Å². The second-order valence-corrected chi connectivity index (χ2v) is 3.55. The largest absolute Gasteiger partial charge is 0.351 e. The molecule has 0 spiro atoms.